The van der Waals surface area contributed by atoms with Crippen LogP contribution in [0.1, 0.15) is 43.0 Å². The van der Waals surface area contributed by atoms with Gasteiger partial charge in [-0.15, -0.1) is 0 Å². The zero-order valence-electron chi connectivity index (χ0n) is 19.5. The first kappa shape index (κ1) is 23.6. The van der Waals surface area contributed by atoms with Crippen molar-refractivity contribution < 1.29 is 4.74 Å². The van der Waals surface area contributed by atoms with Crippen molar-refractivity contribution in [1.82, 2.24) is 20.0 Å². The molecule has 3 rings (SSSR count). The third-order valence-electron chi connectivity index (χ3n) is 5.54. The number of rotatable bonds is 11. The van der Waals surface area contributed by atoms with Crippen molar-refractivity contribution in [3.05, 3.63) is 41.1 Å². The quantitative estimate of drug-likeness (QED) is 0.318. The predicted molar refractivity (Wildman–Crippen MR) is 128 cm³/mol. The molecular formula is C24H35N7O. The van der Waals surface area contributed by atoms with Gasteiger partial charge in [0.25, 0.3) is 0 Å². The summed E-state index contributed by atoms with van der Waals surface area (Å²) in [4.78, 5) is 6.83. The van der Waals surface area contributed by atoms with Crippen LogP contribution in [-0.2, 0) is 11.2 Å². The number of likely N-dealkylation sites (N-methyl/N-ethyl adjacent to an activating group) is 1. The van der Waals surface area contributed by atoms with Crippen LogP contribution >= 0.6 is 0 Å². The van der Waals surface area contributed by atoms with Crippen molar-refractivity contribution in [1.29, 1.82) is 5.26 Å². The molecule has 0 saturated heterocycles. The summed E-state index contributed by atoms with van der Waals surface area (Å²) in [7, 11) is 2.03. The van der Waals surface area contributed by atoms with Crippen molar-refractivity contribution >= 4 is 11.8 Å². The smallest absolute Gasteiger partial charge is 0.193 e. The Hall–Kier alpha value is -3.05. The van der Waals surface area contributed by atoms with Gasteiger partial charge in [0.15, 0.2) is 5.96 Å². The molecule has 172 valence electrons. The number of anilines is 1. The maximum Gasteiger partial charge on any atom is 0.193 e. The summed E-state index contributed by atoms with van der Waals surface area (Å²) in [5.41, 5.74) is 9.40. The molecule has 8 nitrogen and oxygen atoms in total. The zero-order valence-corrected chi connectivity index (χ0v) is 19.5. The van der Waals surface area contributed by atoms with Gasteiger partial charge in [-0.1, -0.05) is 17.7 Å². The average Bonchev–Trinajstić information content (AvgIpc) is 3.56. The SMILES string of the molecule is CCNC(=NCCCc1nn(-c2ccc(C)cc2)c(N)c1C#N)N(C)CCOCC1CC1. The van der Waals surface area contributed by atoms with Gasteiger partial charge >= 0.3 is 0 Å². The largest absolute Gasteiger partial charge is 0.382 e. The number of aryl methyl sites for hydroxylation is 2. The predicted octanol–water partition coefficient (Wildman–Crippen LogP) is 2.89. The highest BCUT2D eigenvalue weighted by molar-refractivity contribution is 5.79. The van der Waals surface area contributed by atoms with Crippen molar-refractivity contribution in [3.8, 4) is 11.8 Å². The molecule has 3 N–H and O–H groups in total. The van der Waals surface area contributed by atoms with Crippen LogP contribution in [0, 0.1) is 24.2 Å². The number of nitrogens with two attached hydrogens (primary N) is 1. The summed E-state index contributed by atoms with van der Waals surface area (Å²) in [6.45, 7) is 7.92. The fourth-order valence-corrected chi connectivity index (χ4v) is 3.40. The number of benzene rings is 1. The fraction of sp³-hybridized carbons (Fsp3) is 0.542. The molecule has 0 atom stereocenters. The van der Waals surface area contributed by atoms with E-state index in [1.165, 1.54) is 12.8 Å². The molecule has 0 bridgehead atoms. The van der Waals surface area contributed by atoms with Crippen molar-refractivity contribution in [2.45, 2.75) is 39.5 Å². The Bertz CT molecular complexity index is 938. The molecule has 0 unspecified atom stereocenters. The summed E-state index contributed by atoms with van der Waals surface area (Å²) in [6.07, 6.45) is 4.04. The lowest BCUT2D eigenvalue weighted by molar-refractivity contribution is 0.115. The molecule has 32 heavy (non-hydrogen) atoms. The van der Waals surface area contributed by atoms with Gasteiger partial charge in [-0.05, 0) is 57.6 Å². The Morgan fingerprint density at radius 2 is 2.12 bits per heavy atom. The van der Waals surface area contributed by atoms with Gasteiger partial charge in [0.05, 0.1) is 18.0 Å². The van der Waals surface area contributed by atoms with Crippen molar-refractivity contribution in [3.63, 3.8) is 0 Å². The second-order valence-corrected chi connectivity index (χ2v) is 8.35. The number of nitriles is 1. The van der Waals surface area contributed by atoms with Gasteiger partial charge in [0, 0.05) is 33.3 Å². The highest BCUT2D eigenvalue weighted by atomic mass is 16.5. The first-order chi connectivity index (χ1) is 15.5. The normalized spacial score (nSPS) is 13.8. The van der Waals surface area contributed by atoms with Crippen LogP contribution in [0.5, 0.6) is 0 Å². The minimum Gasteiger partial charge on any atom is -0.382 e. The highest BCUT2D eigenvalue weighted by Crippen LogP contribution is 2.28. The van der Waals surface area contributed by atoms with Crippen molar-refractivity contribution in [2.75, 3.05) is 45.6 Å². The van der Waals surface area contributed by atoms with Crippen LogP contribution in [0.2, 0.25) is 0 Å². The molecule has 0 amide bonds. The molecule has 0 aliphatic heterocycles. The number of aromatic nitrogens is 2. The molecule has 1 heterocycles. The van der Waals surface area contributed by atoms with Crippen LogP contribution in [0.25, 0.3) is 5.69 Å². The minimum absolute atomic E-state index is 0.383. The molecule has 2 aromatic rings. The maximum absolute atomic E-state index is 9.59. The van der Waals surface area contributed by atoms with E-state index in [0.29, 0.717) is 36.6 Å². The van der Waals surface area contributed by atoms with E-state index in [1.54, 1.807) is 4.68 Å². The number of guanidine groups is 1. The lowest BCUT2D eigenvalue weighted by Crippen LogP contribution is -2.40. The summed E-state index contributed by atoms with van der Waals surface area (Å²) in [5, 5.41) is 17.5. The Morgan fingerprint density at radius 1 is 1.38 bits per heavy atom. The molecule has 0 radical (unpaired) electrons. The van der Waals surface area contributed by atoms with E-state index in [9.17, 15) is 5.26 Å². The Morgan fingerprint density at radius 3 is 2.78 bits per heavy atom. The van der Waals surface area contributed by atoms with Gasteiger partial charge in [-0.25, -0.2) is 4.68 Å². The molecule has 1 aromatic heterocycles. The second-order valence-electron chi connectivity index (χ2n) is 8.35. The molecule has 8 heteroatoms. The number of hydrogen-bond acceptors (Lipinski definition) is 5. The number of hydrogen-bond donors (Lipinski definition) is 2. The summed E-state index contributed by atoms with van der Waals surface area (Å²) in [5.74, 6) is 2.03. The molecule has 0 spiro atoms. The van der Waals surface area contributed by atoms with E-state index in [4.69, 9.17) is 15.5 Å². The van der Waals surface area contributed by atoms with Gasteiger partial charge in [0.1, 0.15) is 17.5 Å². The fourth-order valence-electron chi connectivity index (χ4n) is 3.40. The molecular weight excluding hydrogens is 402 g/mol. The summed E-state index contributed by atoms with van der Waals surface area (Å²) >= 11 is 0. The Labute approximate surface area is 191 Å². The van der Waals surface area contributed by atoms with E-state index in [1.807, 2.05) is 38.2 Å². The standard InChI is InChI=1S/C24H35N7O/c1-4-27-24(30(3)14-15-32-17-19-9-10-19)28-13-5-6-22-21(16-25)23(26)31(29-22)20-11-7-18(2)8-12-20/h7-8,11-12,19H,4-6,9-10,13-15,17,26H2,1-3H3,(H,27,28). The van der Waals surface area contributed by atoms with E-state index < -0.39 is 0 Å². The summed E-state index contributed by atoms with van der Waals surface area (Å²) < 4.78 is 7.39. The Kier molecular flexibility index (Phi) is 8.51. The second kappa shape index (κ2) is 11.5. The van der Waals surface area contributed by atoms with E-state index in [0.717, 1.165) is 49.2 Å². The number of nitrogens with one attached hydrogen (secondary N) is 1. The van der Waals surface area contributed by atoms with Crippen LogP contribution in [0.3, 0.4) is 0 Å². The van der Waals surface area contributed by atoms with Crippen LogP contribution in [-0.4, -0.2) is 60.5 Å². The molecule has 1 aromatic carbocycles. The third kappa shape index (κ3) is 6.47. The van der Waals surface area contributed by atoms with E-state index in [2.05, 4.69) is 28.3 Å². The van der Waals surface area contributed by atoms with Gasteiger partial charge in [0.2, 0.25) is 0 Å². The summed E-state index contributed by atoms with van der Waals surface area (Å²) in [6, 6.07) is 10.1. The zero-order chi connectivity index (χ0) is 22.9. The monoisotopic (exact) mass is 437 g/mol. The number of aliphatic imine (C=N–C) groups is 1. The van der Waals surface area contributed by atoms with E-state index in [-0.39, 0.29) is 0 Å². The molecule has 1 saturated carbocycles. The first-order valence-corrected chi connectivity index (χ1v) is 11.4. The van der Waals surface area contributed by atoms with Gasteiger partial charge < -0.3 is 20.7 Å². The van der Waals surface area contributed by atoms with Crippen LogP contribution in [0.15, 0.2) is 29.3 Å². The van der Waals surface area contributed by atoms with Gasteiger partial charge in [-0.2, -0.15) is 10.4 Å². The molecule has 1 fully saturated rings. The number of nitrogens with zero attached hydrogens (tertiary/aromatic N) is 5. The topological polar surface area (TPSA) is 104 Å². The molecule has 1 aliphatic carbocycles. The Balaban J connectivity index is 1.56. The maximum atomic E-state index is 9.59. The first-order valence-electron chi connectivity index (χ1n) is 11.4. The lowest BCUT2D eigenvalue weighted by Gasteiger charge is -2.22. The van der Waals surface area contributed by atoms with Crippen LogP contribution in [0.4, 0.5) is 5.82 Å². The van der Waals surface area contributed by atoms with Crippen LogP contribution < -0.4 is 11.1 Å². The third-order valence-corrected chi connectivity index (χ3v) is 5.54. The average molecular weight is 438 g/mol. The minimum atomic E-state index is 0.383. The van der Waals surface area contributed by atoms with E-state index >= 15 is 0 Å². The lowest BCUT2D eigenvalue weighted by atomic mass is 10.1. The molecule has 1 aliphatic rings. The van der Waals surface area contributed by atoms with Gasteiger partial charge in [-0.3, -0.25) is 4.99 Å². The number of ether oxygens (including phenoxy) is 1. The highest BCUT2D eigenvalue weighted by Gasteiger charge is 2.21. The number of nitrogen functional groups attached to an aromatic ring is 1. The van der Waals surface area contributed by atoms with Crippen molar-refractivity contribution in [2.24, 2.45) is 10.9 Å².